The van der Waals surface area contributed by atoms with Crippen molar-refractivity contribution >= 4 is 5.91 Å². The maximum absolute atomic E-state index is 13.8. The van der Waals surface area contributed by atoms with Gasteiger partial charge in [-0.15, -0.1) is 0 Å². The first-order valence-electron chi connectivity index (χ1n) is 15.7. The Hall–Kier alpha value is -0.870. The Balaban J connectivity index is 1.58. The Kier molecular flexibility index (Phi) is 8.62. The molecule has 4 nitrogen and oxygen atoms in total. The monoisotopic (exact) mass is 515 g/mol. The van der Waals surface area contributed by atoms with Crippen molar-refractivity contribution < 1.29 is 14.4 Å². The van der Waals surface area contributed by atoms with Crippen molar-refractivity contribution in [2.75, 3.05) is 34.2 Å². The van der Waals surface area contributed by atoms with Crippen LogP contribution in [0.3, 0.4) is 0 Å². The number of rotatable bonds is 9. The molecule has 3 saturated carbocycles. The highest BCUT2D eigenvalue weighted by molar-refractivity contribution is 5.79. The van der Waals surface area contributed by atoms with Gasteiger partial charge in [0.05, 0.1) is 40.3 Å². The van der Waals surface area contributed by atoms with Crippen molar-refractivity contribution in [2.45, 2.75) is 105 Å². The van der Waals surface area contributed by atoms with Crippen LogP contribution in [0.25, 0.3) is 0 Å². The zero-order valence-electron chi connectivity index (χ0n) is 25.5. The quantitative estimate of drug-likeness (QED) is 0.274. The van der Waals surface area contributed by atoms with Crippen LogP contribution in [0.2, 0.25) is 0 Å². The Morgan fingerprint density at radius 2 is 1.84 bits per heavy atom. The van der Waals surface area contributed by atoms with Crippen LogP contribution in [-0.4, -0.2) is 55.8 Å². The molecular formula is C33H59N2O2+. The van der Waals surface area contributed by atoms with E-state index in [2.05, 4.69) is 67.2 Å². The van der Waals surface area contributed by atoms with Gasteiger partial charge in [-0.3, -0.25) is 4.79 Å². The van der Waals surface area contributed by atoms with Crippen LogP contribution in [0, 0.1) is 52.3 Å². The number of aliphatic hydroxyl groups is 1. The van der Waals surface area contributed by atoms with Crippen LogP contribution in [0.1, 0.15) is 98.8 Å². The molecule has 4 rings (SSSR count). The molecule has 0 aromatic rings. The number of fused-ring (bicyclic) bond motifs is 5. The standard InChI is InChI=1S/C33H58N2O2/c1-22(2)10-9-11-23(3)30-27(31(37)34-18-19-35(6,7)8)21-29-26-13-12-24-20-25(36)14-16-32(24,4)28(26)15-17-33(29,30)5/h12,22-23,25-30,36H,9-11,13-21H2,1-8H3/p+1/t23-,25+,26-,27?,28+,29+,30+,32+,33+/m1/s1. The van der Waals surface area contributed by atoms with Gasteiger partial charge in [0, 0.05) is 5.92 Å². The van der Waals surface area contributed by atoms with Gasteiger partial charge in [-0.1, -0.05) is 65.5 Å². The van der Waals surface area contributed by atoms with E-state index in [1.807, 2.05) is 0 Å². The molecule has 3 fully saturated rings. The van der Waals surface area contributed by atoms with Gasteiger partial charge < -0.3 is 14.9 Å². The molecule has 1 amide bonds. The Morgan fingerprint density at radius 1 is 1.11 bits per heavy atom. The predicted octanol–water partition coefficient (Wildman–Crippen LogP) is 6.44. The summed E-state index contributed by atoms with van der Waals surface area (Å²) in [5.74, 6) is 4.37. The fourth-order valence-corrected chi connectivity index (χ4v) is 9.72. The fraction of sp³-hybridized carbons (Fsp3) is 0.909. The van der Waals surface area contributed by atoms with Crippen LogP contribution in [0.5, 0.6) is 0 Å². The van der Waals surface area contributed by atoms with Crippen molar-refractivity contribution in [2.24, 2.45) is 52.3 Å². The van der Waals surface area contributed by atoms with Crippen LogP contribution < -0.4 is 5.32 Å². The SMILES string of the molecule is CC(C)CCC[C@@H](C)[C@H]1C(C(=O)NCC[N+](C)(C)C)C[C@H]2[C@@H]3CC=C4C[C@@H](O)CC[C@]4(C)[C@H]3CC[C@]12C. The summed E-state index contributed by atoms with van der Waals surface area (Å²) >= 11 is 0. The smallest absolute Gasteiger partial charge is 0.223 e. The van der Waals surface area contributed by atoms with Crippen molar-refractivity contribution in [3.8, 4) is 0 Å². The second-order valence-electron chi connectivity index (χ2n) is 15.7. The maximum atomic E-state index is 13.8. The molecule has 2 N–H and O–H groups in total. The number of carbonyl (C=O) groups is 1. The molecule has 37 heavy (non-hydrogen) atoms. The molecule has 0 aromatic carbocycles. The summed E-state index contributed by atoms with van der Waals surface area (Å²) in [4.78, 5) is 13.8. The van der Waals surface area contributed by atoms with Gasteiger partial charge in [0.1, 0.15) is 0 Å². The number of quaternary nitrogens is 1. The van der Waals surface area contributed by atoms with Crippen LogP contribution in [0.4, 0.5) is 0 Å². The van der Waals surface area contributed by atoms with E-state index in [0.29, 0.717) is 29.6 Å². The number of amides is 1. The lowest BCUT2D eigenvalue weighted by Crippen LogP contribution is -2.51. The molecule has 0 radical (unpaired) electrons. The summed E-state index contributed by atoms with van der Waals surface area (Å²) in [6, 6.07) is 0. The van der Waals surface area contributed by atoms with E-state index in [-0.39, 0.29) is 22.9 Å². The van der Waals surface area contributed by atoms with Gasteiger partial charge in [-0.2, -0.15) is 0 Å². The topological polar surface area (TPSA) is 49.3 Å². The number of hydrogen-bond acceptors (Lipinski definition) is 2. The van der Waals surface area contributed by atoms with Crippen molar-refractivity contribution in [3.63, 3.8) is 0 Å². The predicted molar refractivity (Wildman–Crippen MR) is 154 cm³/mol. The van der Waals surface area contributed by atoms with E-state index in [1.54, 1.807) is 5.57 Å². The molecule has 0 heterocycles. The lowest BCUT2D eigenvalue weighted by Gasteiger charge is -2.58. The van der Waals surface area contributed by atoms with Gasteiger partial charge in [-0.05, 0) is 91.3 Å². The van der Waals surface area contributed by atoms with Crippen molar-refractivity contribution in [3.05, 3.63) is 11.6 Å². The highest BCUT2D eigenvalue weighted by Gasteiger charge is 2.62. The molecule has 212 valence electrons. The molecule has 4 aliphatic rings. The van der Waals surface area contributed by atoms with E-state index in [0.717, 1.165) is 61.5 Å². The first kappa shape index (κ1) is 29.1. The summed E-state index contributed by atoms with van der Waals surface area (Å²) < 4.78 is 0.881. The lowest BCUT2D eigenvalue weighted by molar-refractivity contribution is -0.869. The molecule has 1 unspecified atom stereocenters. The molecule has 0 saturated heterocycles. The second kappa shape index (κ2) is 11.0. The van der Waals surface area contributed by atoms with E-state index in [9.17, 15) is 9.90 Å². The zero-order chi connectivity index (χ0) is 27.2. The summed E-state index contributed by atoms with van der Waals surface area (Å²) in [6.07, 6.45) is 14.0. The first-order chi connectivity index (χ1) is 17.3. The average Bonchev–Trinajstić information content (AvgIpc) is 3.11. The third kappa shape index (κ3) is 5.86. The molecule has 0 spiro atoms. The number of nitrogens with one attached hydrogen (secondary N) is 1. The molecule has 0 aliphatic heterocycles. The highest BCUT2D eigenvalue weighted by atomic mass is 16.3. The number of aliphatic hydroxyl groups excluding tert-OH is 1. The Morgan fingerprint density at radius 3 is 2.51 bits per heavy atom. The third-order valence-electron chi connectivity index (χ3n) is 11.7. The van der Waals surface area contributed by atoms with E-state index >= 15 is 0 Å². The number of carbonyl (C=O) groups excluding carboxylic acids is 1. The second-order valence-corrected chi connectivity index (χ2v) is 15.7. The number of nitrogens with zero attached hydrogens (tertiary/aromatic N) is 1. The van der Waals surface area contributed by atoms with Gasteiger partial charge >= 0.3 is 0 Å². The number of hydrogen-bond donors (Lipinski definition) is 2. The Bertz CT molecular complexity index is 844. The molecule has 4 heteroatoms. The summed E-state index contributed by atoms with van der Waals surface area (Å²) in [7, 11) is 6.60. The molecular weight excluding hydrogens is 456 g/mol. The van der Waals surface area contributed by atoms with Gasteiger partial charge in [0.2, 0.25) is 5.91 Å². The van der Waals surface area contributed by atoms with Crippen LogP contribution in [0.15, 0.2) is 11.6 Å². The third-order valence-corrected chi connectivity index (χ3v) is 11.7. The molecule has 0 bridgehead atoms. The van der Waals surface area contributed by atoms with Gasteiger partial charge in [0.25, 0.3) is 0 Å². The maximum Gasteiger partial charge on any atom is 0.223 e. The Labute approximate surface area is 228 Å². The summed E-state index contributed by atoms with van der Waals surface area (Å²) in [5, 5.41) is 13.8. The van der Waals surface area contributed by atoms with E-state index < -0.39 is 0 Å². The minimum Gasteiger partial charge on any atom is -0.393 e. The molecule has 9 atom stereocenters. The lowest BCUT2D eigenvalue weighted by atomic mass is 9.47. The number of likely N-dealkylation sites (N-methyl/N-ethyl adjacent to an activating group) is 1. The average molecular weight is 516 g/mol. The summed E-state index contributed by atoms with van der Waals surface area (Å²) in [5.41, 5.74) is 2.06. The van der Waals surface area contributed by atoms with Gasteiger partial charge in [-0.25, -0.2) is 0 Å². The zero-order valence-corrected chi connectivity index (χ0v) is 25.5. The van der Waals surface area contributed by atoms with Crippen LogP contribution >= 0.6 is 0 Å². The van der Waals surface area contributed by atoms with Gasteiger partial charge in [0.15, 0.2) is 0 Å². The molecule has 0 aromatic heterocycles. The fourth-order valence-electron chi connectivity index (χ4n) is 9.72. The largest absolute Gasteiger partial charge is 0.393 e. The van der Waals surface area contributed by atoms with Crippen molar-refractivity contribution in [1.82, 2.24) is 5.32 Å². The number of allylic oxidation sites excluding steroid dienone is 1. The minimum atomic E-state index is -0.146. The normalized spacial score (nSPS) is 40.4. The molecule has 4 aliphatic carbocycles. The van der Waals surface area contributed by atoms with E-state index in [1.165, 1.54) is 32.1 Å². The highest BCUT2D eigenvalue weighted by Crippen LogP contribution is 2.68. The van der Waals surface area contributed by atoms with E-state index in [4.69, 9.17) is 0 Å². The van der Waals surface area contributed by atoms with Crippen molar-refractivity contribution in [1.29, 1.82) is 0 Å². The van der Waals surface area contributed by atoms with Crippen LogP contribution in [-0.2, 0) is 4.79 Å². The first-order valence-corrected chi connectivity index (χ1v) is 15.7. The summed E-state index contributed by atoms with van der Waals surface area (Å²) in [6.45, 7) is 14.0. The minimum absolute atomic E-state index is 0.146.